The highest BCUT2D eigenvalue weighted by Crippen LogP contribution is 2.13. The lowest BCUT2D eigenvalue weighted by Gasteiger charge is -2.02. The van der Waals surface area contributed by atoms with Crippen LogP contribution >= 0.6 is 27.7 Å². The molecule has 2 rings (SSSR count). The number of aryl methyl sites for hydroxylation is 2. The van der Waals surface area contributed by atoms with Crippen molar-refractivity contribution >= 4 is 39.8 Å². The lowest BCUT2D eigenvalue weighted by Crippen LogP contribution is -2.19. The SMILES string of the molecule is Cc1cc(C)nc(SCC(=O)NN=Cc2cccc(Br)c2)n1. The molecule has 1 heterocycles. The van der Waals surface area contributed by atoms with Crippen molar-refractivity contribution < 1.29 is 4.79 Å². The minimum atomic E-state index is -0.195. The number of nitrogens with one attached hydrogen (secondary N) is 1. The van der Waals surface area contributed by atoms with Crippen molar-refractivity contribution in [3.05, 3.63) is 51.8 Å². The lowest BCUT2D eigenvalue weighted by molar-refractivity contribution is -0.118. The summed E-state index contributed by atoms with van der Waals surface area (Å²) in [4.78, 5) is 20.3. The second kappa shape index (κ2) is 8.05. The maximum absolute atomic E-state index is 11.7. The molecule has 0 unspecified atom stereocenters. The summed E-state index contributed by atoms with van der Waals surface area (Å²) in [7, 11) is 0. The number of carbonyl (C=O) groups is 1. The highest BCUT2D eigenvalue weighted by Gasteiger charge is 2.05. The average Bonchev–Trinajstić information content (AvgIpc) is 2.44. The van der Waals surface area contributed by atoms with Gasteiger partial charge in [0.1, 0.15) is 0 Å². The van der Waals surface area contributed by atoms with E-state index in [-0.39, 0.29) is 11.7 Å². The maximum atomic E-state index is 11.7. The molecule has 1 N–H and O–H groups in total. The second-order valence-corrected chi connectivity index (χ2v) is 6.43. The standard InChI is InChI=1S/C15H15BrN4OS/c1-10-6-11(2)19-15(18-10)22-9-14(21)20-17-8-12-4-3-5-13(16)7-12/h3-8H,9H2,1-2H3,(H,20,21). The molecule has 1 amide bonds. The first-order valence-electron chi connectivity index (χ1n) is 6.55. The van der Waals surface area contributed by atoms with Crippen molar-refractivity contribution in [1.82, 2.24) is 15.4 Å². The molecule has 0 aliphatic rings. The van der Waals surface area contributed by atoms with Gasteiger partial charge in [0, 0.05) is 15.9 Å². The van der Waals surface area contributed by atoms with Gasteiger partial charge < -0.3 is 0 Å². The van der Waals surface area contributed by atoms with E-state index >= 15 is 0 Å². The van der Waals surface area contributed by atoms with Gasteiger partial charge in [-0.2, -0.15) is 5.10 Å². The molecule has 0 spiro atoms. The van der Waals surface area contributed by atoms with Crippen LogP contribution in [-0.2, 0) is 4.79 Å². The van der Waals surface area contributed by atoms with Gasteiger partial charge in [-0.15, -0.1) is 0 Å². The molecule has 7 heteroatoms. The van der Waals surface area contributed by atoms with Crippen molar-refractivity contribution in [2.45, 2.75) is 19.0 Å². The molecule has 114 valence electrons. The Morgan fingerprint density at radius 1 is 1.32 bits per heavy atom. The zero-order valence-electron chi connectivity index (χ0n) is 12.2. The smallest absolute Gasteiger partial charge is 0.250 e. The summed E-state index contributed by atoms with van der Waals surface area (Å²) in [6.45, 7) is 3.81. The van der Waals surface area contributed by atoms with E-state index in [0.717, 1.165) is 21.4 Å². The van der Waals surface area contributed by atoms with Crippen LogP contribution in [0.3, 0.4) is 0 Å². The van der Waals surface area contributed by atoms with E-state index in [9.17, 15) is 4.79 Å². The number of rotatable bonds is 5. The van der Waals surface area contributed by atoms with E-state index in [4.69, 9.17) is 0 Å². The van der Waals surface area contributed by atoms with Gasteiger partial charge in [0.05, 0.1) is 12.0 Å². The van der Waals surface area contributed by atoms with E-state index < -0.39 is 0 Å². The number of nitrogens with zero attached hydrogens (tertiary/aromatic N) is 3. The highest BCUT2D eigenvalue weighted by molar-refractivity contribution is 9.10. The Hall–Kier alpha value is -1.73. The summed E-state index contributed by atoms with van der Waals surface area (Å²) >= 11 is 4.67. The fourth-order valence-electron chi connectivity index (χ4n) is 1.69. The van der Waals surface area contributed by atoms with Gasteiger partial charge in [-0.25, -0.2) is 15.4 Å². The number of hydrazone groups is 1. The number of benzene rings is 1. The van der Waals surface area contributed by atoms with E-state index in [1.807, 2.05) is 44.2 Å². The number of thioether (sulfide) groups is 1. The largest absolute Gasteiger partial charge is 0.272 e. The summed E-state index contributed by atoms with van der Waals surface area (Å²) in [5.74, 6) is 0.0256. The lowest BCUT2D eigenvalue weighted by atomic mass is 10.2. The van der Waals surface area contributed by atoms with Crippen molar-refractivity contribution in [3.8, 4) is 0 Å². The molecule has 5 nitrogen and oxygen atoms in total. The normalized spacial score (nSPS) is 10.9. The molecule has 0 aliphatic carbocycles. The predicted molar refractivity (Wildman–Crippen MR) is 92.1 cm³/mol. The number of hydrogen-bond acceptors (Lipinski definition) is 5. The molecule has 0 bridgehead atoms. The van der Waals surface area contributed by atoms with E-state index in [0.29, 0.717) is 5.16 Å². The first kappa shape index (κ1) is 16.6. The molecule has 0 radical (unpaired) electrons. The molecule has 0 aliphatic heterocycles. The third kappa shape index (κ3) is 5.57. The monoisotopic (exact) mass is 378 g/mol. The number of halogens is 1. The van der Waals surface area contributed by atoms with Gasteiger partial charge in [0.15, 0.2) is 5.16 Å². The predicted octanol–water partition coefficient (Wildman–Crippen LogP) is 3.10. The summed E-state index contributed by atoms with van der Waals surface area (Å²) in [6.07, 6.45) is 1.60. The van der Waals surface area contributed by atoms with Crippen molar-refractivity contribution in [2.24, 2.45) is 5.10 Å². The molecule has 0 saturated carbocycles. The first-order chi connectivity index (χ1) is 10.5. The number of carbonyl (C=O) groups excluding carboxylic acids is 1. The third-order valence-corrected chi connectivity index (χ3v) is 3.89. The Labute approximate surface area is 141 Å². The average molecular weight is 379 g/mol. The third-order valence-electron chi connectivity index (χ3n) is 2.55. The van der Waals surface area contributed by atoms with Gasteiger partial charge in [0.25, 0.3) is 5.91 Å². The van der Waals surface area contributed by atoms with Crippen LogP contribution in [0.5, 0.6) is 0 Å². The van der Waals surface area contributed by atoms with Crippen LogP contribution in [0.15, 0.2) is 45.1 Å². The van der Waals surface area contributed by atoms with Crippen LogP contribution in [0.1, 0.15) is 17.0 Å². The van der Waals surface area contributed by atoms with E-state index in [1.165, 1.54) is 11.8 Å². The van der Waals surface area contributed by atoms with Crippen LogP contribution in [0, 0.1) is 13.8 Å². The van der Waals surface area contributed by atoms with Crippen LogP contribution in [-0.4, -0.2) is 27.8 Å². The summed E-state index contributed by atoms with van der Waals surface area (Å²) in [5.41, 5.74) is 5.18. The summed E-state index contributed by atoms with van der Waals surface area (Å²) in [6, 6.07) is 9.54. The van der Waals surface area contributed by atoms with Crippen molar-refractivity contribution in [1.29, 1.82) is 0 Å². The molecule has 1 aromatic heterocycles. The molecule has 1 aromatic carbocycles. The Balaban J connectivity index is 1.83. The maximum Gasteiger partial charge on any atom is 0.250 e. The molecule has 0 fully saturated rings. The van der Waals surface area contributed by atoms with Gasteiger partial charge in [0.2, 0.25) is 0 Å². The van der Waals surface area contributed by atoms with Crippen molar-refractivity contribution in [3.63, 3.8) is 0 Å². The van der Waals surface area contributed by atoms with E-state index in [2.05, 4.69) is 36.4 Å². The Morgan fingerprint density at radius 2 is 2.05 bits per heavy atom. The van der Waals surface area contributed by atoms with Crippen LogP contribution < -0.4 is 5.43 Å². The summed E-state index contributed by atoms with van der Waals surface area (Å²) < 4.78 is 0.963. The molecule has 0 saturated heterocycles. The quantitative estimate of drug-likeness (QED) is 0.375. The first-order valence-corrected chi connectivity index (χ1v) is 8.33. The van der Waals surface area contributed by atoms with Crippen molar-refractivity contribution in [2.75, 3.05) is 5.75 Å². The Morgan fingerprint density at radius 3 is 2.73 bits per heavy atom. The number of aromatic nitrogens is 2. The molecule has 2 aromatic rings. The Bertz CT molecular complexity index is 685. The van der Waals surface area contributed by atoms with Crippen LogP contribution in [0.25, 0.3) is 0 Å². The minimum Gasteiger partial charge on any atom is -0.272 e. The van der Waals surface area contributed by atoms with Gasteiger partial charge in [-0.3, -0.25) is 4.79 Å². The zero-order chi connectivity index (χ0) is 15.9. The number of amides is 1. The highest BCUT2D eigenvalue weighted by atomic mass is 79.9. The zero-order valence-corrected chi connectivity index (χ0v) is 14.6. The second-order valence-electron chi connectivity index (χ2n) is 4.57. The molecule has 22 heavy (non-hydrogen) atoms. The number of hydrogen-bond donors (Lipinski definition) is 1. The van der Waals surface area contributed by atoms with E-state index in [1.54, 1.807) is 6.21 Å². The summed E-state index contributed by atoms with van der Waals surface area (Å²) in [5, 5.41) is 4.53. The van der Waals surface area contributed by atoms with Gasteiger partial charge in [-0.05, 0) is 37.6 Å². The molecular formula is C15H15BrN4OS. The minimum absolute atomic E-state index is 0.195. The van der Waals surface area contributed by atoms with Crippen LogP contribution in [0.2, 0.25) is 0 Å². The fraction of sp³-hybridized carbons (Fsp3) is 0.200. The van der Waals surface area contributed by atoms with Gasteiger partial charge in [-0.1, -0.05) is 39.8 Å². The van der Waals surface area contributed by atoms with Gasteiger partial charge >= 0.3 is 0 Å². The molecule has 0 atom stereocenters. The van der Waals surface area contributed by atoms with Crippen LogP contribution in [0.4, 0.5) is 0 Å². The molecular weight excluding hydrogens is 364 g/mol. The topological polar surface area (TPSA) is 67.2 Å². The Kier molecular flexibility index (Phi) is 6.09. The fourth-order valence-corrected chi connectivity index (χ4v) is 2.84.